The van der Waals surface area contributed by atoms with Gasteiger partial charge in [-0.2, -0.15) is 0 Å². The zero-order chi connectivity index (χ0) is 12.6. The Hall–Kier alpha value is -0.690. The molecule has 0 radical (unpaired) electrons. The van der Waals surface area contributed by atoms with Gasteiger partial charge >= 0.3 is 0 Å². The third-order valence-electron chi connectivity index (χ3n) is 2.84. The Morgan fingerprint density at radius 1 is 1.35 bits per heavy atom. The maximum atomic E-state index is 9.56. The van der Waals surface area contributed by atoms with Crippen LogP contribution in [0.15, 0.2) is 22.7 Å². The molecule has 17 heavy (non-hydrogen) atoms. The number of β-amino-alcohol motifs (C(OH)–C–C–N with tert-alkyl or cyclic N) is 2. The standard InChI is InChI=1S/C11H13BrN2O2S/c12-6-2-1-3-7(10(6)11(13)17)14-4-8(15)9(16)5-14/h1-3,8-9,15-16H,4-5H2,(H2,13,17). The molecule has 92 valence electrons. The van der Waals surface area contributed by atoms with Gasteiger partial charge in [0.25, 0.3) is 0 Å². The van der Waals surface area contributed by atoms with E-state index in [9.17, 15) is 10.2 Å². The molecule has 0 amide bonds. The van der Waals surface area contributed by atoms with Crippen molar-refractivity contribution in [3.8, 4) is 0 Å². The first-order valence-corrected chi connectivity index (χ1v) is 6.40. The minimum Gasteiger partial charge on any atom is -0.389 e. The van der Waals surface area contributed by atoms with Gasteiger partial charge in [0.05, 0.1) is 12.2 Å². The average molecular weight is 317 g/mol. The number of hydrogen-bond donors (Lipinski definition) is 3. The summed E-state index contributed by atoms with van der Waals surface area (Å²) in [5.41, 5.74) is 7.28. The van der Waals surface area contributed by atoms with Crippen molar-refractivity contribution < 1.29 is 10.2 Å². The van der Waals surface area contributed by atoms with Gasteiger partial charge in [0.2, 0.25) is 0 Å². The van der Waals surface area contributed by atoms with Gasteiger partial charge in [0.1, 0.15) is 4.99 Å². The summed E-state index contributed by atoms with van der Waals surface area (Å²) in [4.78, 5) is 2.18. The van der Waals surface area contributed by atoms with Gasteiger partial charge in [-0.1, -0.05) is 18.3 Å². The smallest absolute Gasteiger partial charge is 0.107 e. The topological polar surface area (TPSA) is 69.7 Å². The predicted octanol–water partition coefficient (Wildman–Crippen LogP) is 0.625. The Morgan fingerprint density at radius 2 is 1.94 bits per heavy atom. The first-order chi connectivity index (χ1) is 8.00. The molecule has 2 unspecified atom stereocenters. The normalized spacial score (nSPS) is 24.1. The third-order valence-corrected chi connectivity index (χ3v) is 3.70. The molecule has 6 heteroatoms. The Morgan fingerprint density at radius 3 is 2.47 bits per heavy atom. The Balaban J connectivity index is 2.39. The quantitative estimate of drug-likeness (QED) is 0.698. The van der Waals surface area contributed by atoms with Crippen LogP contribution >= 0.6 is 28.1 Å². The van der Waals surface area contributed by atoms with E-state index in [2.05, 4.69) is 15.9 Å². The number of halogens is 1. The molecule has 1 aliphatic rings. The molecule has 4 N–H and O–H groups in total. The highest BCUT2D eigenvalue weighted by Crippen LogP contribution is 2.30. The van der Waals surface area contributed by atoms with E-state index in [1.165, 1.54) is 0 Å². The van der Waals surface area contributed by atoms with Crippen LogP contribution < -0.4 is 10.6 Å². The molecule has 2 rings (SSSR count). The molecule has 0 bridgehead atoms. The molecular weight excluding hydrogens is 304 g/mol. The highest BCUT2D eigenvalue weighted by Gasteiger charge is 2.31. The second-order valence-electron chi connectivity index (χ2n) is 4.04. The van der Waals surface area contributed by atoms with Crippen molar-refractivity contribution in [3.63, 3.8) is 0 Å². The summed E-state index contributed by atoms with van der Waals surface area (Å²) in [6.45, 7) is 0.764. The maximum absolute atomic E-state index is 9.56. The second-order valence-corrected chi connectivity index (χ2v) is 5.33. The van der Waals surface area contributed by atoms with Crippen LogP contribution in [-0.2, 0) is 0 Å². The van der Waals surface area contributed by atoms with Crippen LogP contribution in [-0.4, -0.2) is 40.5 Å². The fourth-order valence-corrected chi connectivity index (χ4v) is 2.90. The molecule has 1 fully saturated rings. The lowest BCUT2D eigenvalue weighted by atomic mass is 10.1. The number of hydrogen-bond acceptors (Lipinski definition) is 4. The summed E-state index contributed by atoms with van der Waals surface area (Å²) in [6.07, 6.45) is -1.46. The largest absolute Gasteiger partial charge is 0.389 e. The molecule has 1 aromatic rings. The van der Waals surface area contributed by atoms with Crippen LogP contribution in [0.5, 0.6) is 0 Å². The first kappa shape index (κ1) is 12.8. The number of nitrogens with zero attached hydrogens (tertiary/aromatic N) is 1. The minimum atomic E-state index is -0.729. The van der Waals surface area contributed by atoms with Gasteiger partial charge in [-0.05, 0) is 28.1 Å². The van der Waals surface area contributed by atoms with Gasteiger partial charge < -0.3 is 20.8 Å². The maximum Gasteiger partial charge on any atom is 0.107 e. The van der Waals surface area contributed by atoms with Crippen LogP contribution in [0.1, 0.15) is 5.56 Å². The van der Waals surface area contributed by atoms with Crippen LogP contribution in [0, 0.1) is 0 Å². The van der Waals surface area contributed by atoms with E-state index in [0.717, 1.165) is 15.7 Å². The molecule has 0 aliphatic carbocycles. The molecule has 1 aromatic carbocycles. The van der Waals surface area contributed by atoms with Gasteiger partial charge in [-0.15, -0.1) is 0 Å². The fraction of sp³-hybridized carbons (Fsp3) is 0.364. The Kier molecular flexibility index (Phi) is 3.67. The summed E-state index contributed by atoms with van der Waals surface area (Å²) in [6, 6.07) is 5.61. The SMILES string of the molecule is NC(=S)c1c(Br)cccc1N1CC(O)C(O)C1. The van der Waals surface area contributed by atoms with Crippen molar-refractivity contribution in [2.24, 2.45) is 5.73 Å². The number of rotatable bonds is 2. The Bertz CT molecular complexity index is 445. The number of aliphatic hydroxyl groups is 2. The second kappa shape index (κ2) is 4.89. The third kappa shape index (κ3) is 2.44. The van der Waals surface area contributed by atoms with Crippen LogP contribution in [0.3, 0.4) is 0 Å². The monoisotopic (exact) mass is 316 g/mol. The summed E-state index contributed by atoms with van der Waals surface area (Å²) < 4.78 is 0.818. The highest BCUT2D eigenvalue weighted by molar-refractivity contribution is 9.10. The number of thiocarbonyl (C=S) groups is 1. The van der Waals surface area contributed by atoms with Crippen molar-refractivity contribution in [1.82, 2.24) is 0 Å². The van der Waals surface area contributed by atoms with E-state index in [0.29, 0.717) is 18.1 Å². The van der Waals surface area contributed by atoms with Crippen molar-refractivity contribution in [2.45, 2.75) is 12.2 Å². The lowest BCUT2D eigenvalue weighted by Gasteiger charge is -2.21. The van der Waals surface area contributed by atoms with E-state index < -0.39 is 12.2 Å². The summed E-state index contributed by atoms with van der Waals surface area (Å²) in [7, 11) is 0. The molecule has 1 heterocycles. The lowest BCUT2D eigenvalue weighted by Crippen LogP contribution is -2.25. The summed E-state index contributed by atoms with van der Waals surface area (Å²) in [5.74, 6) is 0. The van der Waals surface area contributed by atoms with Gasteiger partial charge in [0, 0.05) is 28.8 Å². The van der Waals surface area contributed by atoms with Crippen LogP contribution in [0.4, 0.5) is 5.69 Å². The molecule has 4 nitrogen and oxygen atoms in total. The number of benzene rings is 1. The van der Waals surface area contributed by atoms with Crippen LogP contribution in [0.25, 0.3) is 0 Å². The Labute approximate surface area is 113 Å². The van der Waals surface area contributed by atoms with E-state index in [1.54, 1.807) is 0 Å². The van der Waals surface area contributed by atoms with E-state index in [1.807, 2.05) is 23.1 Å². The molecule has 1 saturated heterocycles. The fourth-order valence-electron chi connectivity index (χ4n) is 1.99. The van der Waals surface area contributed by atoms with Crippen molar-refractivity contribution in [2.75, 3.05) is 18.0 Å². The summed E-state index contributed by atoms with van der Waals surface area (Å²) >= 11 is 8.43. The summed E-state index contributed by atoms with van der Waals surface area (Å²) in [5, 5.41) is 19.1. The van der Waals surface area contributed by atoms with Crippen LogP contribution in [0.2, 0.25) is 0 Å². The zero-order valence-corrected chi connectivity index (χ0v) is 11.4. The van der Waals surface area contributed by atoms with Gasteiger partial charge in [0.15, 0.2) is 0 Å². The number of aliphatic hydroxyl groups excluding tert-OH is 2. The molecular formula is C11H13BrN2O2S. The zero-order valence-electron chi connectivity index (χ0n) is 9.01. The first-order valence-electron chi connectivity index (χ1n) is 5.20. The molecule has 0 saturated carbocycles. The molecule has 0 spiro atoms. The van der Waals surface area contributed by atoms with Crippen molar-refractivity contribution >= 4 is 38.8 Å². The van der Waals surface area contributed by atoms with Gasteiger partial charge in [-0.25, -0.2) is 0 Å². The average Bonchev–Trinajstić information content (AvgIpc) is 2.58. The minimum absolute atomic E-state index is 0.295. The molecule has 1 aliphatic heterocycles. The number of nitrogens with two attached hydrogens (primary N) is 1. The van der Waals surface area contributed by atoms with E-state index in [4.69, 9.17) is 18.0 Å². The van der Waals surface area contributed by atoms with E-state index >= 15 is 0 Å². The predicted molar refractivity (Wildman–Crippen MR) is 74.3 cm³/mol. The number of anilines is 1. The lowest BCUT2D eigenvalue weighted by molar-refractivity contribution is 0.0572. The highest BCUT2D eigenvalue weighted by atomic mass is 79.9. The van der Waals surface area contributed by atoms with Gasteiger partial charge in [-0.3, -0.25) is 0 Å². The molecule has 0 aromatic heterocycles. The molecule has 2 atom stereocenters. The van der Waals surface area contributed by atoms with E-state index in [-0.39, 0.29) is 0 Å². The van der Waals surface area contributed by atoms with Crippen molar-refractivity contribution in [3.05, 3.63) is 28.2 Å². The van der Waals surface area contributed by atoms with Crippen molar-refractivity contribution in [1.29, 1.82) is 0 Å².